The number of unbranched alkanes of at least 4 members (excludes halogenated alkanes) is 4. The molecule has 2 rings (SSSR count). The molecule has 0 unspecified atom stereocenters. The number of carboxylic acid groups (broad SMARTS) is 1. The Balaban J connectivity index is 1.70. The Hall–Kier alpha value is -1.96. The highest BCUT2D eigenvalue weighted by atomic mass is 35.5. The van der Waals surface area contributed by atoms with Gasteiger partial charge in [-0.2, -0.15) is 0 Å². The number of carbonyl (C=O) groups is 1. The van der Waals surface area contributed by atoms with E-state index >= 15 is 0 Å². The number of benzene rings is 1. The number of aryl methyl sites for hydroxylation is 2. The molecule has 6 nitrogen and oxygen atoms in total. The lowest BCUT2D eigenvalue weighted by Crippen LogP contribution is -2.24. The Morgan fingerprint density at radius 1 is 0.933 bits per heavy atom. The van der Waals surface area contributed by atoms with Gasteiger partial charge in [0.1, 0.15) is 0 Å². The molecule has 0 amide bonds. The van der Waals surface area contributed by atoms with Gasteiger partial charge in [-0.3, -0.25) is 9.78 Å². The van der Waals surface area contributed by atoms with E-state index in [2.05, 4.69) is 9.71 Å². The molecule has 8 heteroatoms. The van der Waals surface area contributed by atoms with Crippen molar-refractivity contribution in [3.8, 4) is 0 Å². The van der Waals surface area contributed by atoms with Crippen LogP contribution < -0.4 is 4.72 Å². The molecular formula is C22H29ClN2O4S. The number of pyridine rings is 1. The van der Waals surface area contributed by atoms with E-state index in [1.54, 1.807) is 18.3 Å². The topological polar surface area (TPSA) is 96.4 Å². The number of aromatic nitrogens is 1. The van der Waals surface area contributed by atoms with E-state index in [0.717, 1.165) is 51.4 Å². The van der Waals surface area contributed by atoms with Crippen molar-refractivity contribution in [3.05, 3.63) is 58.9 Å². The third kappa shape index (κ3) is 8.81. The van der Waals surface area contributed by atoms with Crippen molar-refractivity contribution in [3.63, 3.8) is 0 Å². The molecule has 0 saturated heterocycles. The average molecular weight is 453 g/mol. The number of nitrogens with one attached hydrogen (secondary N) is 1. The second-order valence-electron chi connectivity index (χ2n) is 7.26. The van der Waals surface area contributed by atoms with E-state index in [-0.39, 0.29) is 11.3 Å². The van der Waals surface area contributed by atoms with Gasteiger partial charge in [-0.15, -0.1) is 0 Å². The van der Waals surface area contributed by atoms with Crippen LogP contribution >= 0.6 is 11.6 Å². The quantitative estimate of drug-likeness (QED) is 0.408. The SMILES string of the molecule is O=C(O)CCCCCCc1cnccc1CCCCNS(=O)(=O)c1ccc(Cl)cc1. The number of rotatable bonds is 14. The van der Waals surface area contributed by atoms with Gasteiger partial charge in [-0.05, 0) is 80.0 Å². The summed E-state index contributed by atoms with van der Waals surface area (Å²) in [5.74, 6) is -0.736. The smallest absolute Gasteiger partial charge is 0.303 e. The highest BCUT2D eigenvalue weighted by Gasteiger charge is 2.12. The third-order valence-electron chi connectivity index (χ3n) is 4.88. The Bertz CT molecular complexity index is 902. The maximum Gasteiger partial charge on any atom is 0.303 e. The summed E-state index contributed by atoms with van der Waals surface area (Å²) in [6.45, 7) is 0.384. The first-order chi connectivity index (χ1) is 14.4. The summed E-state index contributed by atoms with van der Waals surface area (Å²) < 4.78 is 27.2. The minimum absolute atomic E-state index is 0.215. The van der Waals surface area contributed by atoms with Crippen LogP contribution in [0, 0.1) is 0 Å². The largest absolute Gasteiger partial charge is 0.481 e. The summed E-state index contributed by atoms with van der Waals surface area (Å²) >= 11 is 5.80. The normalized spacial score (nSPS) is 11.5. The molecule has 0 radical (unpaired) electrons. The standard InChI is InChI=1S/C22H29ClN2O4S/c23-20-10-12-21(13-11-20)30(28,29)25-15-6-5-7-18-14-16-24-17-19(18)8-3-1-2-4-9-22(26)27/h10-14,16-17,25H,1-9,15H2,(H,26,27). The molecule has 0 saturated carbocycles. The lowest BCUT2D eigenvalue weighted by atomic mass is 9.99. The van der Waals surface area contributed by atoms with Crippen LogP contribution in [-0.4, -0.2) is 31.0 Å². The molecule has 1 aromatic carbocycles. The van der Waals surface area contributed by atoms with Crippen molar-refractivity contribution in [2.24, 2.45) is 0 Å². The monoisotopic (exact) mass is 452 g/mol. The predicted molar refractivity (Wildman–Crippen MR) is 118 cm³/mol. The lowest BCUT2D eigenvalue weighted by molar-refractivity contribution is -0.137. The Kier molecular flexibility index (Phi) is 10.3. The number of halogens is 1. The Labute approximate surface area is 183 Å². The summed E-state index contributed by atoms with van der Waals surface area (Å²) in [6.07, 6.45) is 11.0. The molecule has 0 aliphatic carbocycles. The molecule has 0 aliphatic rings. The van der Waals surface area contributed by atoms with Crippen molar-refractivity contribution in [1.29, 1.82) is 0 Å². The number of aliphatic carboxylic acids is 1. The number of carboxylic acids is 1. The number of hydrogen-bond acceptors (Lipinski definition) is 4. The predicted octanol–water partition coefficient (Wildman–Crippen LogP) is 4.61. The molecule has 0 aliphatic heterocycles. The van der Waals surface area contributed by atoms with Crippen LogP contribution in [0.3, 0.4) is 0 Å². The Morgan fingerprint density at radius 2 is 1.60 bits per heavy atom. The molecule has 30 heavy (non-hydrogen) atoms. The van der Waals surface area contributed by atoms with Gasteiger partial charge < -0.3 is 5.11 Å². The molecule has 164 valence electrons. The number of sulfonamides is 1. The van der Waals surface area contributed by atoms with Crippen LogP contribution in [0.25, 0.3) is 0 Å². The van der Waals surface area contributed by atoms with Crippen LogP contribution in [0.1, 0.15) is 56.1 Å². The van der Waals surface area contributed by atoms with Crippen molar-refractivity contribution in [2.75, 3.05) is 6.54 Å². The van der Waals surface area contributed by atoms with Gasteiger partial charge in [0.2, 0.25) is 10.0 Å². The van der Waals surface area contributed by atoms with Crippen molar-refractivity contribution >= 4 is 27.6 Å². The third-order valence-corrected chi connectivity index (χ3v) is 6.61. The first kappa shape index (κ1) is 24.3. The molecular weight excluding hydrogens is 424 g/mol. The highest BCUT2D eigenvalue weighted by Crippen LogP contribution is 2.16. The summed E-state index contributed by atoms with van der Waals surface area (Å²) in [5, 5.41) is 9.17. The van der Waals surface area contributed by atoms with Gasteiger partial charge in [0.15, 0.2) is 0 Å². The van der Waals surface area contributed by atoms with E-state index < -0.39 is 16.0 Å². The molecule has 1 aromatic heterocycles. The van der Waals surface area contributed by atoms with Gasteiger partial charge in [-0.1, -0.05) is 24.4 Å². The van der Waals surface area contributed by atoms with E-state index in [9.17, 15) is 13.2 Å². The second kappa shape index (κ2) is 12.7. The van der Waals surface area contributed by atoms with Crippen molar-refractivity contribution < 1.29 is 18.3 Å². The Morgan fingerprint density at radius 3 is 2.33 bits per heavy atom. The molecule has 2 N–H and O–H groups in total. The number of hydrogen-bond donors (Lipinski definition) is 2. The summed E-state index contributed by atoms with van der Waals surface area (Å²) in [5.41, 5.74) is 2.47. The van der Waals surface area contributed by atoms with Gasteiger partial charge in [0.05, 0.1) is 4.90 Å². The van der Waals surface area contributed by atoms with Crippen LogP contribution in [0.4, 0.5) is 0 Å². The fourth-order valence-corrected chi connectivity index (χ4v) is 4.41. The van der Waals surface area contributed by atoms with E-state index in [1.807, 2.05) is 12.3 Å². The zero-order valence-electron chi connectivity index (χ0n) is 17.0. The minimum Gasteiger partial charge on any atom is -0.481 e. The van der Waals surface area contributed by atoms with Crippen molar-refractivity contribution in [2.45, 2.75) is 62.7 Å². The first-order valence-electron chi connectivity index (χ1n) is 10.3. The van der Waals surface area contributed by atoms with Crippen LogP contribution in [0.5, 0.6) is 0 Å². The molecule has 1 heterocycles. The molecule has 0 fully saturated rings. The van der Waals surface area contributed by atoms with Gasteiger partial charge >= 0.3 is 5.97 Å². The summed E-state index contributed by atoms with van der Waals surface area (Å²) in [4.78, 5) is 15.0. The van der Waals surface area contributed by atoms with Gasteiger partial charge in [0.25, 0.3) is 0 Å². The average Bonchev–Trinajstić information content (AvgIpc) is 2.71. The van der Waals surface area contributed by atoms with E-state index in [0.29, 0.717) is 11.6 Å². The molecule has 0 spiro atoms. The molecule has 0 atom stereocenters. The maximum atomic E-state index is 12.3. The van der Waals surface area contributed by atoms with Crippen LogP contribution in [-0.2, 0) is 27.7 Å². The van der Waals surface area contributed by atoms with E-state index in [4.69, 9.17) is 16.7 Å². The minimum atomic E-state index is -3.51. The fraction of sp³-hybridized carbons (Fsp3) is 0.455. The first-order valence-corrected chi connectivity index (χ1v) is 12.1. The molecule has 0 bridgehead atoms. The van der Waals surface area contributed by atoms with Crippen LogP contribution in [0.15, 0.2) is 47.6 Å². The summed E-state index contributed by atoms with van der Waals surface area (Å²) in [7, 11) is -3.51. The molecule has 2 aromatic rings. The summed E-state index contributed by atoms with van der Waals surface area (Å²) in [6, 6.07) is 8.14. The van der Waals surface area contributed by atoms with Gasteiger partial charge in [-0.25, -0.2) is 13.1 Å². The van der Waals surface area contributed by atoms with E-state index in [1.165, 1.54) is 23.3 Å². The second-order valence-corrected chi connectivity index (χ2v) is 9.46. The zero-order chi connectivity index (χ0) is 21.8. The highest BCUT2D eigenvalue weighted by molar-refractivity contribution is 7.89. The van der Waals surface area contributed by atoms with Crippen molar-refractivity contribution in [1.82, 2.24) is 9.71 Å². The lowest BCUT2D eigenvalue weighted by Gasteiger charge is -2.10. The van der Waals surface area contributed by atoms with Gasteiger partial charge in [0, 0.05) is 30.4 Å². The maximum absolute atomic E-state index is 12.3. The fourth-order valence-electron chi connectivity index (χ4n) is 3.21. The van der Waals surface area contributed by atoms with Crippen LogP contribution in [0.2, 0.25) is 5.02 Å². The number of nitrogens with zero attached hydrogens (tertiary/aromatic N) is 1. The zero-order valence-corrected chi connectivity index (χ0v) is 18.6.